The van der Waals surface area contributed by atoms with Gasteiger partial charge in [0.1, 0.15) is 0 Å². The van der Waals surface area contributed by atoms with Crippen LogP contribution in [0.1, 0.15) is 32.8 Å². The third kappa shape index (κ3) is 4.42. The molecule has 1 aromatic carbocycles. The van der Waals surface area contributed by atoms with Gasteiger partial charge in [-0.25, -0.2) is 8.42 Å². The summed E-state index contributed by atoms with van der Waals surface area (Å²) in [6, 6.07) is 7.39. The van der Waals surface area contributed by atoms with Crippen molar-refractivity contribution in [1.29, 1.82) is 0 Å². The Hall–Kier alpha value is -0.950. The Morgan fingerprint density at radius 1 is 1.12 bits per heavy atom. The molecule has 2 aliphatic heterocycles. The predicted molar refractivity (Wildman–Crippen MR) is 98.9 cm³/mol. The first-order valence-electron chi connectivity index (χ1n) is 9.18. The largest absolute Gasteiger partial charge is 0.379 e. The minimum Gasteiger partial charge on any atom is -0.379 e. The van der Waals surface area contributed by atoms with Crippen LogP contribution in [0.25, 0.3) is 0 Å². The minimum atomic E-state index is -3.39. The Morgan fingerprint density at radius 3 is 2.28 bits per heavy atom. The van der Waals surface area contributed by atoms with Crippen LogP contribution in [0.5, 0.6) is 0 Å². The van der Waals surface area contributed by atoms with Gasteiger partial charge in [-0.15, -0.1) is 0 Å². The van der Waals surface area contributed by atoms with E-state index in [2.05, 4.69) is 25.7 Å². The average molecular weight is 367 g/mol. The van der Waals surface area contributed by atoms with Crippen molar-refractivity contribution >= 4 is 10.0 Å². The van der Waals surface area contributed by atoms with Gasteiger partial charge in [0.2, 0.25) is 10.0 Å². The fourth-order valence-electron chi connectivity index (χ4n) is 4.22. The molecule has 0 amide bonds. The summed E-state index contributed by atoms with van der Waals surface area (Å²) < 4.78 is 32.0. The first-order chi connectivity index (χ1) is 11.8. The van der Waals surface area contributed by atoms with Crippen molar-refractivity contribution in [3.05, 3.63) is 29.8 Å². The van der Waals surface area contributed by atoms with Crippen LogP contribution in [-0.2, 0) is 21.3 Å². The van der Waals surface area contributed by atoms with Crippen LogP contribution in [0.3, 0.4) is 0 Å². The van der Waals surface area contributed by atoms with E-state index in [1.165, 1.54) is 16.3 Å². The summed E-state index contributed by atoms with van der Waals surface area (Å²) in [6.07, 6.45) is 1.26. The maximum absolute atomic E-state index is 12.6. The molecule has 2 fully saturated rings. The van der Waals surface area contributed by atoms with Crippen molar-refractivity contribution < 1.29 is 13.2 Å². The van der Waals surface area contributed by atoms with Gasteiger partial charge in [0.15, 0.2) is 0 Å². The maximum atomic E-state index is 12.6. The Morgan fingerprint density at radius 2 is 1.72 bits per heavy atom. The lowest BCUT2D eigenvalue weighted by Crippen LogP contribution is -2.54. The number of sulfonamides is 1. The first kappa shape index (κ1) is 18.8. The first-order valence-corrected chi connectivity index (χ1v) is 10.6. The van der Waals surface area contributed by atoms with Crippen LogP contribution in [0.2, 0.25) is 0 Å². The Labute approximate surface area is 152 Å². The van der Waals surface area contributed by atoms with Crippen LogP contribution in [-0.4, -0.2) is 57.0 Å². The quantitative estimate of drug-likeness (QED) is 0.776. The van der Waals surface area contributed by atoms with E-state index < -0.39 is 10.0 Å². The normalized spacial score (nSPS) is 22.1. The van der Waals surface area contributed by atoms with Crippen molar-refractivity contribution in [3.8, 4) is 0 Å². The number of benzene rings is 1. The molecule has 0 N–H and O–H groups in total. The lowest BCUT2D eigenvalue weighted by atomic mass is 9.75. The number of ether oxygens (including phenoxy) is 1. The molecule has 0 aromatic heterocycles. The third-order valence-electron chi connectivity index (χ3n) is 5.05. The molecule has 0 spiro atoms. The highest BCUT2D eigenvalue weighted by Crippen LogP contribution is 2.36. The van der Waals surface area contributed by atoms with Crippen molar-refractivity contribution in [1.82, 2.24) is 9.21 Å². The third-order valence-corrected chi connectivity index (χ3v) is 6.96. The summed E-state index contributed by atoms with van der Waals surface area (Å²) in [5, 5.41) is 0. The number of hydrogen-bond acceptors (Lipinski definition) is 4. The lowest BCUT2D eigenvalue weighted by Gasteiger charge is -2.49. The van der Waals surface area contributed by atoms with E-state index in [1.807, 2.05) is 12.1 Å². The van der Waals surface area contributed by atoms with E-state index in [0.717, 1.165) is 25.6 Å². The average Bonchev–Trinajstić information content (AvgIpc) is 2.54. The minimum absolute atomic E-state index is 0.381. The highest BCUT2D eigenvalue weighted by atomic mass is 32.2. The molecule has 0 bridgehead atoms. The van der Waals surface area contributed by atoms with Crippen LogP contribution < -0.4 is 0 Å². The van der Waals surface area contributed by atoms with Gasteiger partial charge in [-0.05, 0) is 35.4 Å². The van der Waals surface area contributed by atoms with Gasteiger partial charge >= 0.3 is 0 Å². The molecular weight excluding hydrogens is 336 g/mol. The molecule has 0 saturated carbocycles. The van der Waals surface area contributed by atoms with Gasteiger partial charge in [-0.1, -0.05) is 32.9 Å². The second kappa shape index (κ2) is 7.35. The van der Waals surface area contributed by atoms with Crippen molar-refractivity contribution in [2.45, 2.75) is 38.6 Å². The van der Waals surface area contributed by atoms with E-state index in [4.69, 9.17) is 4.74 Å². The van der Waals surface area contributed by atoms with Gasteiger partial charge < -0.3 is 4.74 Å². The predicted octanol–water partition coefficient (Wildman–Crippen LogP) is 2.58. The van der Waals surface area contributed by atoms with Crippen molar-refractivity contribution in [3.63, 3.8) is 0 Å². The Balaban J connectivity index is 1.58. The monoisotopic (exact) mass is 366 g/mol. The lowest BCUT2D eigenvalue weighted by molar-refractivity contribution is -0.00637. The van der Waals surface area contributed by atoms with Crippen LogP contribution in [0.15, 0.2) is 29.2 Å². The van der Waals surface area contributed by atoms with Crippen LogP contribution >= 0.6 is 0 Å². The zero-order valence-electron chi connectivity index (χ0n) is 15.6. The van der Waals surface area contributed by atoms with Gasteiger partial charge in [-0.3, -0.25) is 4.90 Å². The summed E-state index contributed by atoms with van der Waals surface area (Å²) in [5.74, 6) is 0.733. The Bertz CT molecular complexity index is 673. The van der Waals surface area contributed by atoms with Crippen LogP contribution in [0.4, 0.5) is 0 Å². The number of likely N-dealkylation sites (tertiary alicyclic amines) is 1. The molecule has 1 aromatic rings. The van der Waals surface area contributed by atoms with E-state index in [0.29, 0.717) is 36.6 Å². The van der Waals surface area contributed by atoms with Gasteiger partial charge in [-0.2, -0.15) is 4.31 Å². The van der Waals surface area contributed by atoms with E-state index >= 15 is 0 Å². The zero-order chi connectivity index (χ0) is 18.1. The smallest absolute Gasteiger partial charge is 0.243 e. The second-order valence-corrected chi connectivity index (χ2v) is 10.2. The molecular formula is C19H30N2O3S. The van der Waals surface area contributed by atoms with Gasteiger partial charge in [0, 0.05) is 32.7 Å². The zero-order valence-corrected chi connectivity index (χ0v) is 16.4. The molecule has 2 heterocycles. The highest BCUT2D eigenvalue weighted by molar-refractivity contribution is 7.89. The molecule has 0 unspecified atom stereocenters. The van der Waals surface area contributed by atoms with Gasteiger partial charge in [0.25, 0.3) is 0 Å². The van der Waals surface area contributed by atoms with E-state index in [9.17, 15) is 8.42 Å². The summed E-state index contributed by atoms with van der Waals surface area (Å²) in [6.45, 7) is 11.9. The van der Waals surface area contributed by atoms with Crippen molar-refractivity contribution in [2.75, 3.05) is 39.4 Å². The molecule has 3 rings (SSSR count). The number of rotatable bonds is 6. The highest BCUT2D eigenvalue weighted by Gasteiger charge is 2.38. The fraction of sp³-hybridized carbons (Fsp3) is 0.684. The summed E-state index contributed by atoms with van der Waals surface area (Å²) in [7, 11) is -3.39. The number of morpholine rings is 1. The standard InChI is InChI=1S/C19H30N2O3S/c1-16(2)12-19(3)14-20(15-19)13-17-4-6-18(7-5-17)25(22,23)21-8-10-24-11-9-21/h4-7,16H,8-15H2,1-3H3. The molecule has 5 nitrogen and oxygen atoms in total. The number of nitrogens with zero attached hydrogens (tertiary/aromatic N) is 2. The van der Waals surface area contributed by atoms with Crippen LogP contribution in [0, 0.1) is 11.3 Å². The fourth-order valence-corrected chi connectivity index (χ4v) is 5.63. The molecule has 2 aliphatic rings. The molecule has 0 aliphatic carbocycles. The summed E-state index contributed by atoms with van der Waals surface area (Å²) >= 11 is 0. The Kier molecular flexibility index (Phi) is 5.54. The maximum Gasteiger partial charge on any atom is 0.243 e. The van der Waals surface area contributed by atoms with Gasteiger partial charge in [0.05, 0.1) is 18.1 Å². The van der Waals surface area contributed by atoms with E-state index in [-0.39, 0.29) is 0 Å². The summed E-state index contributed by atoms with van der Waals surface area (Å²) in [4.78, 5) is 2.82. The second-order valence-electron chi connectivity index (χ2n) is 8.21. The molecule has 2 saturated heterocycles. The van der Waals surface area contributed by atoms with Crippen molar-refractivity contribution in [2.24, 2.45) is 11.3 Å². The SMILES string of the molecule is CC(C)CC1(C)CN(Cc2ccc(S(=O)(=O)N3CCOCC3)cc2)C1. The molecule has 0 atom stereocenters. The van der Waals surface area contributed by atoms with E-state index in [1.54, 1.807) is 12.1 Å². The molecule has 6 heteroatoms. The number of hydrogen-bond donors (Lipinski definition) is 0. The molecule has 0 radical (unpaired) electrons. The molecule has 25 heavy (non-hydrogen) atoms. The topological polar surface area (TPSA) is 49.9 Å². The summed E-state index contributed by atoms with van der Waals surface area (Å²) in [5.41, 5.74) is 1.61. The molecule has 140 valence electrons.